The molecule has 4 heteroatoms. The lowest BCUT2D eigenvalue weighted by Crippen LogP contribution is -2.63. The second kappa shape index (κ2) is 8.82. The van der Waals surface area contributed by atoms with Crippen LogP contribution in [0, 0.1) is 11.8 Å². The van der Waals surface area contributed by atoms with E-state index in [-0.39, 0.29) is 12.4 Å². The van der Waals surface area contributed by atoms with Crippen LogP contribution in [0.3, 0.4) is 0 Å². The van der Waals surface area contributed by atoms with Gasteiger partial charge in [0.05, 0.1) is 11.4 Å². The van der Waals surface area contributed by atoms with Gasteiger partial charge in [-0.1, -0.05) is 73.2 Å². The molecule has 0 amide bonds. The number of nitrogens with zero attached hydrogens (tertiary/aromatic N) is 3. The lowest BCUT2D eigenvalue weighted by Gasteiger charge is -2.47. The summed E-state index contributed by atoms with van der Waals surface area (Å²) in [7, 11) is 0. The van der Waals surface area contributed by atoms with Gasteiger partial charge in [0.1, 0.15) is 5.66 Å². The predicted molar refractivity (Wildman–Crippen MR) is 185 cm³/mol. The molecule has 214 valence electrons. The molecule has 2 aliphatic carbocycles. The number of fused-ring (bicyclic) bond motifs is 6. The Morgan fingerprint density at radius 3 is 2.05 bits per heavy atom. The van der Waals surface area contributed by atoms with Crippen LogP contribution >= 0.6 is 0 Å². The van der Waals surface area contributed by atoms with Crippen molar-refractivity contribution in [1.29, 1.82) is 0 Å². The molecule has 5 aromatic carbocycles. The van der Waals surface area contributed by atoms with Gasteiger partial charge in [-0.05, 0) is 121 Å². The molecule has 0 spiro atoms. The van der Waals surface area contributed by atoms with Gasteiger partial charge in [0.15, 0.2) is 0 Å². The molecular weight excluding hydrogens is 533 g/mol. The third-order valence-corrected chi connectivity index (χ3v) is 11.5. The molecule has 3 heterocycles. The second-order valence-electron chi connectivity index (χ2n) is 14.1. The molecule has 3 nitrogen and oxygen atoms in total. The van der Waals surface area contributed by atoms with E-state index in [1.54, 1.807) is 5.56 Å². The summed E-state index contributed by atoms with van der Waals surface area (Å²) in [5.74, 6) is 2.37. The van der Waals surface area contributed by atoms with Crippen LogP contribution in [-0.4, -0.2) is 12.4 Å². The molecular formula is C40H36BN3. The first kappa shape index (κ1) is 24.9. The normalized spacial score (nSPS) is 23.1. The van der Waals surface area contributed by atoms with Crippen LogP contribution in [-0.2, 0) is 0 Å². The second-order valence-corrected chi connectivity index (χ2v) is 14.1. The van der Waals surface area contributed by atoms with Gasteiger partial charge in [-0.25, -0.2) is 0 Å². The van der Waals surface area contributed by atoms with E-state index in [0.29, 0.717) is 5.92 Å². The topological polar surface area (TPSA) is 9.72 Å². The van der Waals surface area contributed by atoms with Crippen molar-refractivity contribution in [1.82, 2.24) is 0 Å². The smallest absolute Gasteiger partial charge is 0.252 e. The zero-order valence-corrected chi connectivity index (χ0v) is 25.4. The number of benzene rings is 5. The van der Waals surface area contributed by atoms with Crippen LogP contribution in [0.15, 0.2) is 115 Å². The van der Waals surface area contributed by atoms with Gasteiger partial charge in [-0.2, -0.15) is 0 Å². The number of anilines is 7. The third kappa shape index (κ3) is 3.19. The Morgan fingerprint density at radius 2 is 1.30 bits per heavy atom. The fourth-order valence-corrected chi connectivity index (χ4v) is 9.90. The van der Waals surface area contributed by atoms with Gasteiger partial charge in [-0.3, -0.25) is 0 Å². The molecule has 2 saturated carbocycles. The highest BCUT2D eigenvalue weighted by molar-refractivity contribution is 7.00. The summed E-state index contributed by atoms with van der Waals surface area (Å²) >= 11 is 0. The zero-order chi connectivity index (χ0) is 29.2. The highest BCUT2D eigenvalue weighted by Crippen LogP contribution is 2.57. The molecule has 2 fully saturated rings. The molecule has 0 radical (unpaired) electrons. The van der Waals surface area contributed by atoms with Crippen LogP contribution in [0.1, 0.15) is 51.0 Å². The van der Waals surface area contributed by atoms with E-state index in [9.17, 15) is 0 Å². The van der Waals surface area contributed by atoms with Crippen molar-refractivity contribution in [3.8, 4) is 0 Å². The van der Waals surface area contributed by atoms with Crippen molar-refractivity contribution >= 4 is 62.9 Å². The SMILES string of the molecule is CC1(C)N(c2ccccc2)c2cccc3c2N1c1cc(C2CC4CCC2C4)cc2c1B3c1ccccc1N2c1ccccc1. The Morgan fingerprint density at radius 1 is 0.614 bits per heavy atom. The Balaban J connectivity index is 1.30. The molecule has 0 aromatic heterocycles. The molecule has 0 saturated heterocycles. The number of hydrogen-bond acceptors (Lipinski definition) is 3. The molecule has 44 heavy (non-hydrogen) atoms. The van der Waals surface area contributed by atoms with Crippen LogP contribution in [0.2, 0.25) is 0 Å². The van der Waals surface area contributed by atoms with Crippen LogP contribution in [0.25, 0.3) is 0 Å². The minimum absolute atomic E-state index is 0.183. The van der Waals surface area contributed by atoms with Gasteiger partial charge >= 0.3 is 0 Å². The summed E-state index contributed by atoms with van der Waals surface area (Å²) in [4.78, 5) is 7.84. The Kier molecular flexibility index (Phi) is 5.00. The Labute approximate surface area is 260 Å². The van der Waals surface area contributed by atoms with Gasteiger partial charge in [0, 0.05) is 28.4 Å². The summed E-state index contributed by atoms with van der Waals surface area (Å²) in [6.07, 6.45) is 5.57. The molecule has 2 bridgehead atoms. The van der Waals surface area contributed by atoms with Crippen molar-refractivity contribution in [3.05, 3.63) is 121 Å². The maximum atomic E-state index is 2.70. The first-order chi connectivity index (χ1) is 21.6. The fourth-order valence-electron chi connectivity index (χ4n) is 9.90. The molecule has 3 atom stereocenters. The fraction of sp³-hybridized carbons (Fsp3) is 0.250. The van der Waals surface area contributed by atoms with Crippen LogP contribution in [0.5, 0.6) is 0 Å². The van der Waals surface area contributed by atoms with Gasteiger partial charge < -0.3 is 14.7 Å². The standard InChI is InChI=1S/C40H36BN3/c1-40(2)43(30-14-7-4-8-15-30)35-19-11-17-33-39(35)44(40)37-25-28(31-23-26-20-21-27(31)22-26)24-36-38(37)41(33)32-16-9-10-18-34(32)42(36)29-12-5-3-6-13-29/h3-19,24-27,31H,20-23H2,1-2H3. The lowest BCUT2D eigenvalue weighted by atomic mass is 9.33. The monoisotopic (exact) mass is 569 g/mol. The highest BCUT2D eigenvalue weighted by atomic mass is 15.5. The molecule has 5 aromatic rings. The van der Waals surface area contributed by atoms with Crippen molar-refractivity contribution in [2.24, 2.45) is 11.8 Å². The van der Waals surface area contributed by atoms with E-state index in [1.807, 2.05) is 0 Å². The summed E-state index contributed by atoms with van der Waals surface area (Å²) in [5, 5.41) is 0. The minimum Gasteiger partial charge on any atom is -0.317 e. The van der Waals surface area contributed by atoms with Crippen molar-refractivity contribution in [2.45, 2.75) is 51.1 Å². The first-order valence-electron chi connectivity index (χ1n) is 16.5. The maximum absolute atomic E-state index is 2.70. The first-order valence-corrected chi connectivity index (χ1v) is 16.5. The van der Waals surface area contributed by atoms with Crippen molar-refractivity contribution in [2.75, 3.05) is 14.7 Å². The Bertz CT molecular complexity index is 1950. The number of rotatable bonds is 3. The maximum Gasteiger partial charge on any atom is 0.252 e. The van der Waals surface area contributed by atoms with E-state index in [2.05, 4.69) is 144 Å². The summed E-state index contributed by atoms with van der Waals surface area (Å²) in [6.45, 7) is 5.00. The van der Waals surface area contributed by atoms with Crippen molar-refractivity contribution in [3.63, 3.8) is 0 Å². The zero-order valence-electron chi connectivity index (χ0n) is 25.4. The molecule has 3 aliphatic heterocycles. The average Bonchev–Trinajstić information content (AvgIpc) is 3.76. The summed E-state index contributed by atoms with van der Waals surface area (Å²) in [5.41, 5.74) is 14.7. The number of para-hydroxylation sites is 4. The molecule has 3 unspecified atom stereocenters. The van der Waals surface area contributed by atoms with Crippen molar-refractivity contribution < 1.29 is 0 Å². The Hall–Kier alpha value is -4.44. The van der Waals surface area contributed by atoms with Gasteiger partial charge in [0.25, 0.3) is 6.71 Å². The van der Waals surface area contributed by atoms with E-state index in [0.717, 1.165) is 11.8 Å². The average molecular weight is 570 g/mol. The largest absolute Gasteiger partial charge is 0.317 e. The molecule has 5 aliphatic rings. The summed E-state index contributed by atoms with van der Waals surface area (Å²) < 4.78 is 0. The van der Waals surface area contributed by atoms with E-state index in [1.165, 1.54) is 81.9 Å². The minimum atomic E-state index is -0.291. The third-order valence-electron chi connectivity index (χ3n) is 11.5. The molecule has 10 rings (SSSR count). The number of hydrogen-bond donors (Lipinski definition) is 0. The highest BCUT2D eigenvalue weighted by Gasteiger charge is 2.53. The van der Waals surface area contributed by atoms with Crippen LogP contribution in [0.4, 0.5) is 39.8 Å². The lowest BCUT2D eigenvalue weighted by molar-refractivity contribution is 0.420. The van der Waals surface area contributed by atoms with Crippen LogP contribution < -0.4 is 31.1 Å². The predicted octanol–water partition coefficient (Wildman–Crippen LogP) is 8.23. The molecule has 0 N–H and O–H groups in total. The van der Waals surface area contributed by atoms with Gasteiger partial charge in [-0.15, -0.1) is 0 Å². The van der Waals surface area contributed by atoms with Gasteiger partial charge in [0.2, 0.25) is 0 Å². The van der Waals surface area contributed by atoms with E-state index < -0.39 is 0 Å². The van der Waals surface area contributed by atoms with E-state index >= 15 is 0 Å². The quantitative estimate of drug-likeness (QED) is 0.199. The summed E-state index contributed by atoms with van der Waals surface area (Å²) in [6, 6.07) is 43.4. The van der Waals surface area contributed by atoms with E-state index in [4.69, 9.17) is 0 Å².